The molecule has 1 N–H and O–H groups in total. The van der Waals surface area contributed by atoms with Crippen LogP contribution < -0.4 is 10.3 Å². The van der Waals surface area contributed by atoms with Crippen molar-refractivity contribution < 1.29 is 17.9 Å². The van der Waals surface area contributed by atoms with Gasteiger partial charge in [0, 0.05) is 16.8 Å². The Kier molecular flexibility index (Phi) is 3.98. The summed E-state index contributed by atoms with van der Waals surface area (Å²) in [5.41, 5.74) is -0.624. The summed E-state index contributed by atoms with van der Waals surface area (Å²) in [5, 5.41) is 9.04. The van der Waals surface area contributed by atoms with Gasteiger partial charge in [0.25, 0.3) is 5.56 Å². The van der Waals surface area contributed by atoms with Crippen molar-refractivity contribution in [2.24, 2.45) is 0 Å². The van der Waals surface area contributed by atoms with Gasteiger partial charge >= 0.3 is 6.61 Å². The number of hydrogen-bond donors (Lipinski definition) is 1. The van der Waals surface area contributed by atoms with Gasteiger partial charge in [-0.2, -0.15) is 14.0 Å². The van der Waals surface area contributed by atoms with Crippen LogP contribution in [0.25, 0.3) is 11.1 Å². The summed E-state index contributed by atoms with van der Waals surface area (Å²) in [6.45, 7) is -1.67. The van der Waals surface area contributed by atoms with Crippen molar-refractivity contribution in [2.75, 3.05) is 0 Å². The number of benzene rings is 1. The van der Waals surface area contributed by atoms with Crippen molar-refractivity contribution >= 4 is 0 Å². The van der Waals surface area contributed by atoms with Gasteiger partial charge in [-0.15, -0.1) is 0 Å². The van der Waals surface area contributed by atoms with E-state index >= 15 is 0 Å². The molecule has 4 nitrogen and oxygen atoms in total. The topological polar surface area (TPSA) is 65.9 Å². The Balaban J connectivity index is 2.77. The molecule has 0 saturated carbocycles. The molecule has 0 aliphatic heterocycles. The number of aromatic amines is 1. The molecule has 2 aromatic rings. The van der Waals surface area contributed by atoms with Crippen molar-refractivity contribution in [3.63, 3.8) is 0 Å². The van der Waals surface area contributed by atoms with Crippen molar-refractivity contribution in [1.29, 1.82) is 5.26 Å². The monoisotopic (exact) mass is 294 g/mol. The number of aromatic nitrogens is 1. The van der Waals surface area contributed by atoms with Crippen LogP contribution in [0.1, 0.15) is 11.3 Å². The number of nitrogens with one attached hydrogen (secondary N) is 1. The van der Waals surface area contributed by atoms with Crippen LogP contribution in [-0.4, -0.2) is 11.6 Å². The lowest BCUT2D eigenvalue weighted by Gasteiger charge is -2.12. The van der Waals surface area contributed by atoms with E-state index in [0.29, 0.717) is 5.69 Å². The van der Waals surface area contributed by atoms with E-state index < -0.39 is 23.7 Å². The van der Waals surface area contributed by atoms with Gasteiger partial charge in [0.15, 0.2) is 11.6 Å². The van der Waals surface area contributed by atoms with E-state index in [-0.39, 0.29) is 16.7 Å². The molecule has 0 aliphatic carbocycles. The molecule has 0 aliphatic rings. The molecule has 0 saturated heterocycles. The third-order valence-corrected chi connectivity index (χ3v) is 2.74. The van der Waals surface area contributed by atoms with Gasteiger partial charge in [0.1, 0.15) is 11.6 Å². The Bertz CT molecular complexity index is 779. The van der Waals surface area contributed by atoms with Crippen molar-refractivity contribution in [1.82, 2.24) is 4.98 Å². The minimum Gasteiger partial charge on any atom is -0.431 e. The molecule has 0 fully saturated rings. The molecule has 108 valence electrons. The quantitative estimate of drug-likeness (QED) is 0.946. The lowest BCUT2D eigenvalue weighted by Crippen LogP contribution is -2.13. The minimum atomic E-state index is -3.23. The first-order chi connectivity index (χ1) is 9.93. The van der Waals surface area contributed by atoms with E-state index in [4.69, 9.17) is 5.26 Å². The Morgan fingerprint density at radius 2 is 2.05 bits per heavy atom. The maximum Gasteiger partial charge on any atom is 0.387 e. The van der Waals surface area contributed by atoms with E-state index in [2.05, 4.69) is 9.72 Å². The molecule has 1 heterocycles. The van der Waals surface area contributed by atoms with Crippen molar-refractivity contribution in [2.45, 2.75) is 13.5 Å². The van der Waals surface area contributed by atoms with Gasteiger partial charge in [0.05, 0.1) is 0 Å². The third kappa shape index (κ3) is 2.89. The zero-order valence-corrected chi connectivity index (χ0v) is 10.8. The van der Waals surface area contributed by atoms with Crippen molar-refractivity contribution in [3.8, 4) is 22.9 Å². The molecule has 1 aromatic carbocycles. The summed E-state index contributed by atoms with van der Waals surface area (Å²) in [6, 6.07) is 6.61. The summed E-state index contributed by atoms with van der Waals surface area (Å²) in [4.78, 5) is 14.1. The van der Waals surface area contributed by atoms with Crippen LogP contribution in [0.5, 0.6) is 5.75 Å². The van der Waals surface area contributed by atoms with E-state index in [9.17, 15) is 18.0 Å². The summed E-state index contributed by atoms with van der Waals surface area (Å²) < 4.78 is 42.7. The highest BCUT2D eigenvalue weighted by atomic mass is 19.3. The number of nitriles is 1. The molecule has 1 aromatic heterocycles. The maximum atomic E-state index is 13.7. The fourth-order valence-corrected chi connectivity index (χ4v) is 1.94. The van der Waals surface area contributed by atoms with Crippen LogP contribution in [0.2, 0.25) is 0 Å². The Morgan fingerprint density at radius 1 is 1.33 bits per heavy atom. The van der Waals surface area contributed by atoms with Crippen LogP contribution in [0.15, 0.2) is 29.1 Å². The number of hydrogen-bond acceptors (Lipinski definition) is 3. The highest BCUT2D eigenvalue weighted by Gasteiger charge is 2.19. The van der Waals surface area contributed by atoms with Crippen LogP contribution in [0.3, 0.4) is 0 Å². The Labute approximate surface area is 117 Å². The highest BCUT2D eigenvalue weighted by molar-refractivity contribution is 5.75. The van der Waals surface area contributed by atoms with Crippen LogP contribution in [0.4, 0.5) is 13.2 Å². The lowest BCUT2D eigenvalue weighted by molar-refractivity contribution is -0.0517. The second kappa shape index (κ2) is 5.71. The summed E-state index contributed by atoms with van der Waals surface area (Å²) in [5.74, 6) is -1.70. The maximum absolute atomic E-state index is 13.7. The number of H-pyrrole nitrogens is 1. The van der Waals surface area contributed by atoms with E-state index in [1.165, 1.54) is 18.2 Å². The Hall–Kier alpha value is -2.75. The number of pyridine rings is 1. The number of ether oxygens (including phenoxy) is 1. The molecule has 2 rings (SSSR count). The van der Waals surface area contributed by atoms with Gasteiger partial charge in [0.2, 0.25) is 0 Å². The van der Waals surface area contributed by atoms with Crippen molar-refractivity contribution in [3.05, 3.63) is 51.7 Å². The number of aryl methyl sites for hydroxylation is 1. The number of rotatable bonds is 3. The first-order valence-electron chi connectivity index (χ1n) is 5.81. The van der Waals surface area contributed by atoms with Gasteiger partial charge in [-0.05, 0) is 19.1 Å². The molecule has 0 bridgehead atoms. The Morgan fingerprint density at radius 3 is 2.67 bits per heavy atom. The predicted octanol–water partition coefficient (Wildman–Crippen LogP) is 2.96. The van der Waals surface area contributed by atoms with E-state index in [0.717, 1.165) is 6.07 Å². The smallest absolute Gasteiger partial charge is 0.387 e. The van der Waals surface area contributed by atoms with Crippen LogP contribution in [-0.2, 0) is 0 Å². The molecular formula is C14H9F3N2O2. The fraction of sp³-hybridized carbons (Fsp3) is 0.143. The average Bonchev–Trinajstić information content (AvgIpc) is 2.40. The first kappa shape index (κ1) is 14.7. The highest BCUT2D eigenvalue weighted by Crippen LogP contribution is 2.34. The first-order valence-corrected chi connectivity index (χ1v) is 5.81. The number of para-hydroxylation sites is 1. The SMILES string of the molecule is Cc1cc(-c2cccc(F)c2OC(F)F)c(C#N)c(=O)[nH]1. The van der Waals surface area contributed by atoms with Crippen LogP contribution >= 0.6 is 0 Å². The van der Waals surface area contributed by atoms with Gasteiger partial charge in [-0.1, -0.05) is 12.1 Å². The molecule has 0 spiro atoms. The molecule has 0 unspecified atom stereocenters. The molecule has 0 amide bonds. The second-order valence-electron chi connectivity index (χ2n) is 4.18. The molecule has 0 radical (unpaired) electrons. The molecular weight excluding hydrogens is 285 g/mol. The van der Waals surface area contributed by atoms with Gasteiger partial charge in [-0.25, -0.2) is 4.39 Å². The molecule has 7 heteroatoms. The third-order valence-electron chi connectivity index (χ3n) is 2.74. The normalized spacial score (nSPS) is 10.5. The average molecular weight is 294 g/mol. The second-order valence-corrected chi connectivity index (χ2v) is 4.18. The number of nitrogens with zero attached hydrogens (tertiary/aromatic N) is 1. The fourth-order valence-electron chi connectivity index (χ4n) is 1.94. The van der Waals surface area contributed by atoms with E-state index in [1.807, 2.05) is 0 Å². The standard InChI is InChI=1S/C14H9F3N2O2/c1-7-5-9(10(6-18)13(20)19-7)8-3-2-4-11(15)12(8)21-14(16)17/h2-5,14H,1H3,(H,19,20). The van der Waals surface area contributed by atoms with Gasteiger partial charge in [-0.3, -0.25) is 4.79 Å². The predicted molar refractivity (Wildman–Crippen MR) is 68.5 cm³/mol. The largest absolute Gasteiger partial charge is 0.431 e. The lowest BCUT2D eigenvalue weighted by atomic mass is 10.00. The summed E-state index contributed by atoms with van der Waals surface area (Å²) in [7, 11) is 0. The summed E-state index contributed by atoms with van der Waals surface area (Å²) >= 11 is 0. The number of halogens is 3. The zero-order valence-electron chi connectivity index (χ0n) is 10.8. The molecule has 0 atom stereocenters. The minimum absolute atomic E-state index is 0.0360. The van der Waals surface area contributed by atoms with Crippen LogP contribution in [0, 0.1) is 24.1 Å². The molecule has 21 heavy (non-hydrogen) atoms. The van der Waals surface area contributed by atoms with Gasteiger partial charge < -0.3 is 9.72 Å². The number of alkyl halides is 2. The van der Waals surface area contributed by atoms with E-state index in [1.54, 1.807) is 13.0 Å². The summed E-state index contributed by atoms with van der Waals surface area (Å²) in [6.07, 6.45) is 0. The zero-order chi connectivity index (χ0) is 15.6.